The van der Waals surface area contributed by atoms with Gasteiger partial charge in [0.25, 0.3) is 0 Å². The summed E-state index contributed by atoms with van der Waals surface area (Å²) in [4.78, 5) is 0. The zero-order chi connectivity index (χ0) is 18.0. The van der Waals surface area contributed by atoms with E-state index in [1.807, 2.05) is 43.4 Å². The van der Waals surface area contributed by atoms with Crippen LogP contribution >= 0.6 is 22.9 Å². The van der Waals surface area contributed by atoms with Gasteiger partial charge in [0.15, 0.2) is 0 Å². The van der Waals surface area contributed by atoms with Gasteiger partial charge in [-0.2, -0.15) is 0 Å². The van der Waals surface area contributed by atoms with Crippen LogP contribution in [0.25, 0.3) is 11.3 Å². The molecule has 0 aliphatic heterocycles. The molecule has 0 spiro atoms. The third kappa shape index (κ3) is 4.50. The highest BCUT2D eigenvalue weighted by Crippen LogP contribution is 2.26. The van der Waals surface area contributed by atoms with Gasteiger partial charge >= 0.3 is 5.13 Å². The van der Waals surface area contributed by atoms with Crippen molar-refractivity contribution < 1.29 is 13.0 Å². The van der Waals surface area contributed by atoms with Crippen molar-refractivity contribution in [3.63, 3.8) is 0 Å². The molecule has 0 amide bonds. The van der Waals surface area contributed by atoms with E-state index in [9.17, 15) is 8.42 Å². The standard InChI is InChI=1S/C17H16ClN3O2S2/c1-21-16(12-3-7-15(8-4-12)20-25(2,22)23)11-24-17(21)19-14-9-5-13(18)6-10-14/h3-11,20H,1-2H3/p+1. The molecule has 25 heavy (non-hydrogen) atoms. The zero-order valence-corrected chi connectivity index (χ0v) is 16.0. The first-order valence-corrected chi connectivity index (χ1v) is 10.5. The normalized spacial score (nSPS) is 11.3. The number of benzene rings is 2. The summed E-state index contributed by atoms with van der Waals surface area (Å²) in [6, 6.07) is 14.8. The molecule has 2 aromatic carbocycles. The average Bonchev–Trinajstić information content (AvgIpc) is 2.90. The molecule has 5 nitrogen and oxygen atoms in total. The molecular formula is C17H17ClN3O2S2+. The van der Waals surface area contributed by atoms with Crippen LogP contribution in [0.1, 0.15) is 0 Å². The fourth-order valence-electron chi connectivity index (χ4n) is 2.33. The topological polar surface area (TPSA) is 62.1 Å². The molecule has 0 aliphatic carbocycles. The second kappa shape index (κ2) is 7.03. The molecule has 1 heterocycles. The lowest BCUT2D eigenvalue weighted by molar-refractivity contribution is -0.641. The van der Waals surface area contributed by atoms with Gasteiger partial charge in [0.2, 0.25) is 10.0 Å². The maximum Gasteiger partial charge on any atom is 0.339 e. The third-order valence-electron chi connectivity index (χ3n) is 3.53. The minimum absolute atomic E-state index is 0.545. The zero-order valence-electron chi connectivity index (χ0n) is 13.7. The molecule has 0 atom stereocenters. The van der Waals surface area contributed by atoms with Crippen LogP contribution in [0.4, 0.5) is 16.5 Å². The summed E-state index contributed by atoms with van der Waals surface area (Å²) in [5.74, 6) is 0. The number of anilines is 3. The Bertz CT molecular complexity index is 982. The van der Waals surface area contributed by atoms with Crippen molar-refractivity contribution >= 4 is 49.5 Å². The average molecular weight is 395 g/mol. The first-order valence-electron chi connectivity index (χ1n) is 7.40. The molecule has 3 aromatic rings. The van der Waals surface area contributed by atoms with Gasteiger partial charge < -0.3 is 0 Å². The summed E-state index contributed by atoms with van der Waals surface area (Å²) in [5.41, 5.74) is 3.54. The van der Waals surface area contributed by atoms with Gasteiger partial charge in [-0.05, 0) is 48.5 Å². The van der Waals surface area contributed by atoms with Crippen molar-refractivity contribution in [1.82, 2.24) is 0 Å². The van der Waals surface area contributed by atoms with E-state index in [2.05, 4.69) is 20.0 Å². The summed E-state index contributed by atoms with van der Waals surface area (Å²) in [5, 5.41) is 7.10. The molecule has 0 unspecified atom stereocenters. The van der Waals surface area contributed by atoms with Crippen molar-refractivity contribution in [2.45, 2.75) is 0 Å². The first-order chi connectivity index (χ1) is 11.8. The number of nitrogens with one attached hydrogen (secondary N) is 2. The quantitative estimate of drug-likeness (QED) is 0.643. The van der Waals surface area contributed by atoms with Crippen LogP contribution in [0.5, 0.6) is 0 Å². The minimum Gasteiger partial charge on any atom is -0.284 e. The number of hydrogen-bond acceptors (Lipinski definition) is 4. The van der Waals surface area contributed by atoms with E-state index in [-0.39, 0.29) is 0 Å². The summed E-state index contributed by atoms with van der Waals surface area (Å²) in [7, 11) is -1.29. The molecule has 0 aliphatic rings. The highest BCUT2D eigenvalue weighted by molar-refractivity contribution is 7.92. The Balaban J connectivity index is 1.82. The summed E-state index contributed by atoms with van der Waals surface area (Å²) >= 11 is 7.50. The Labute approximate surface area is 156 Å². The van der Waals surface area contributed by atoms with Crippen LogP contribution in [0.15, 0.2) is 53.9 Å². The Kier molecular flexibility index (Phi) is 4.99. The number of sulfonamides is 1. The number of rotatable bonds is 5. The number of hydrogen-bond donors (Lipinski definition) is 2. The summed E-state index contributed by atoms with van der Waals surface area (Å²) in [6.45, 7) is 0. The number of nitrogens with zero attached hydrogens (tertiary/aromatic N) is 1. The second-order valence-electron chi connectivity index (χ2n) is 5.57. The Morgan fingerprint density at radius 2 is 1.60 bits per heavy atom. The SMILES string of the molecule is C[n+]1c(-c2ccc(NS(C)(=O)=O)cc2)csc1Nc1ccc(Cl)cc1. The van der Waals surface area contributed by atoms with Gasteiger partial charge in [-0.3, -0.25) is 4.72 Å². The van der Waals surface area contributed by atoms with Crippen LogP contribution in [0.2, 0.25) is 5.02 Å². The molecule has 0 bridgehead atoms. The highest BCUT2D eigenvalue weighted by atomic mass is 35.5. The predicted molar refractivity (Wildman–Crippen MR) is 104 cm³/mol. The number of thiazole rings is 1. The highest BCUT2D eigenvalue weighted by Gasteiger charge is 2.16. The maximum absolute atomic E-state index is 11.3. The van der Waals surface area contributed by atoms with Gasteiger partial charge in [-0.1, -0.05) is 22.9 Å². The molecular weight excluding hydrogens is 378 g/mol. The van der Waals surface area contributed by atoms with Crippen LogP contribution < -0.4 is 14.6 Å². The molecule has 0 radical (unpaired) electrons. The third-order valence-corrected chi connectivity index (χ3v) is 5.33. The van der Waals surface area contributed by atoms with Crippen molar-refractivity contribution in [1.29, 1.82) is 0 Å². The van der Waals surface area contributed by atoms with E-state index >= 15 is 0 Å². The Morgan fingerprint density at radius 1 is 1.00 bits per heavy atom. The van der Waals surface area contributed by atoms with Crippen LogP contribution in [-0.2, 0) is 17.1 Å². The Hall–Kier alpha value is -2.09. The van der Waals surface area contributed by atoms with Gasteiger partial charge in [-0.25, -0.2) is 18.3 Å². The molecule has 1 aromatic heterocycles. The number of halogens is 1. The van der Waals surface area contributed by atoms with Crippen LogP contribution in [0.3, 0.4) is 0 Å². The molecule has 130 valence electrons. The van der Waals surface area contributed by atoms with Gasteiger partial charge in [0.05, 0.1) is 13.3 Å². The molecule has 2 N–H and O–H groups in total. The lowest BCUT2D eigenvalue weighted by atomic mass is 10.1. The van der Waals surface area contributed by atoms with Gasteiger partial charge in [-0.15, -0.1) is 0 Å². The van der Waals surface area contributed by atoms with Crippen molar-refractivity contribution in [2.24, 2.45) is 7.05 Å². The summed E-state index contributed by atoms with van der Waals surface area (Å²) < 4.78 is 27.1. The lowest BCUT2D eigenvalue weighted by Crippen LogP contribution is -2.30. The van der Waals surface area contributed by atoms with E-state index in [1.54, 1.807) is 23.5 Å². The van der Waals surface area contributed by atoms with Crippen LogP contribution in [-0.4, -0.2) is 14.7 Å². The first kappa shape index (κ1) is 17.7. The van der Waals surface area contributed by atoms with E-state index in [0.717, 1.165) is 28.3 Å². The van der Waals surface area contributed by atoms with E-state index in [0.29, 0.717) is 10.7 Å². The number of aromatic nitrogens is 1. The van der Waals surface area contributed by atoms with Crippen molar-refractivity contribution in [3.05, 3.63) is 58.9 Å². The molecule has 0 fully saturated rings. The smallest absolute Gasteiger partial charge is 0.284 e. The van der Waals surface area contributed by atoms with E-state index < -0.39 is 10.0 Å². The predicted octanol–water partition coefficient (Wildman–Crippen LogP) is 4.01. The van der Waals surface area contributed by atoms with Crippen molar-refractivity contribution in [3.8, 4) is 11.3 Å². The molecule has 0 saturated heterocycles. The summed E-state index contributed by atoms with van der Waals surface area (Å²) in [6.07, 6.45) is 1.13. The minimum atomic E-state index is -3.27. The van der Waals surface area contributed by atoms with Gasteiger partial charge in [0, 0.05) is 21.7 Å². The Morgan fingerprint density at radius 3 is 2.20 bits per heavy atom. The monoisotopic (exact) mass is 394 g/mol. The lowest BCUT2D eigenvalue weighted by Gasteiger charge is -2.05. The van der Waals surface area contributed by atoms with Crippen molar-refractivity contribution in [2.75, 3.05) is 16.3 Å². The largest absolute Gasteiger partial charge is 0.339 e. The van der Waals surface area contributed by atoms with Crippen LogP contribution in [0, 0.1) is 0 Å². The van der Waals surface area contributed by atoms with Gasteiger partial charge in [0.1, 0.15) is 11.4 Å². The fraction of sp³-hybridized carbons (Fsp3) is 0.118. The van der Waals surface area contributed by atoms with E-state index in [1.165, 1.54) is 0 Å². The fourth-order valence-corrected chi connectivity index (χ4v) is 3.97. The molecule has 3 rings (SSSR count). The molecule has 8 heteroatoms. The second-order valence-corrected chi connectivity index (χ2v) is 8.61. The maximum atomic E-state index is 11.3. The molecule has 0 saturated carbocycles. The van der Waals surface area contributed by atoms with E-state index in [4.69, 9.17) is 11.6 Å².